The summed E-state index contributed by atoms with van der Waals surface area (Å²) in [5.74, 6) is -1.90. The Morgan fingerprint density at radius 3 is 2.59 bits per heavy atom. The van der Waals surface area contributed by atoms with Crippen molar-refractivity contribution < 1.29 is 21.9 Å². The molecule has 0 bridgehead atoms. The van der Waals surface area contributed by atoms with Gasteiger partial charge in [0.25, 0.3) is 0 Å². The van der Waals surface area contributed by atoms with Crippen LogP contribution in [0.3, 0.4) is 0 Å². The molecule has 7 heteroatoms. The van der Waals surface area contributed by atoms with Gasteiger partial charge in [0.1, 0.15) is 16.5 Å². The van der Waals surface area contributed by atoms with Gasteiger partial charge in [-0.15, -0.1) is 0 Å². The third kappa shape index (κ3) is 5.00. The fraction of sp³-hybridized carbons (Fsp3) is 0.600. The first-order chi connectivity index (χ1) is 10.5. The maximum Gasteiger partial charge on any atom is 0.243 e. The van der Waals surface area contributed by atoms with Crippen LogP contribution in [0.25, 0.3) is 0 Å². The molecule has 124 valence electrons. The Balaban J connectivity index is 1.75. The Hall–Kier alpha value is -1.05. The molecule has 0 radical (unpaired) electrons. The van der Waals surface area contributed by atoms with E-state index in [4.69, 9.17) is 4.74 Å². The van der Waals surface area contributed by atoms with Gasteiger partial charge in [0.05, 0.1) is 6.10 Å². The van der Waals surface area contributed by atoms with Crippen LogP contribution < -0.4 is 4.72 Å². The highest BCUT2D eigenvalue weighted by molar-refractivity contribution is 7.89. The molecule has 0 atom stereocenters. The highest BCUT2D eigenvalue weighted by atomic mass is 32.2. The van der Waals surface area contributed by atoms with E-state index in [-0.39, 0.29) is 12.6 Å². The number of rotatable bonds is 7. The van der Waals surface area contributed by atoms with E-state index in [1.54, 1.807) is 0 Å². The molecule has 1 aromatic carbocycles. The Kier molecular flexibility index (Phi) is 6.28. The van der Waals surface area contributed by atoms with Gasteiger partial charge in [0.2, 0.25) is 10.0 Å². The number of ether oxygens (including phenoxy) is 1. The molecular formula is C15H21F2NO3S. The molecule has 22 heavy (non-hydrogen) atoms. The van der Waals surface area contributed by atoms with Crippen LogP contribution in [0.1, 0.15) is 38.5 Å². The van der Waals surface area contributed by atoms with Gasteiger partial charge in [-0.05, 0) is 31.4 Å². The van der Waals surface area contributed by atoms with Crippen molar-refractivity contribution in [3.8, 4) is 0 Å². The summed E-state index contributed by atoms with van der Waals surface area (Å²) in [4.78, 5) is -0.540. The predicted octanol–water partition coefficient (Wildman–Crippen LogP) is 2.98. The van der Waals surface area contributed by atoms with E-state index in [2.05, 4.69) is 4.72 Å². The van der Waals surface area contributed by atoms with Crippen LogP contribution in [0.15, 0.2) is 23.1 Å². The average molecular weight is 333 g/mol. The maximum absolute atomic E-state index is 13.5. The summed E-state index contributed by atoms with van der Waals surface area (Å²) in [7, 11) is -3.96. The molecule has 1 aliphatic rings. The van der Waals surface area contributed by atoms with Crippen LogP contribution in [0, 0.1) is 11.6 Å². The zero-order valence-electron chi connectivity index (χ0n) is 12.4. The van der Waals surface area contributed by atoms with Crippen molar-refractivity contribution in [2.24, 2.45) is 0 Å². The summed E-state index contributed by atoms with van der Waals surface area (Å²) in [6, 6.07) is 2.40. The number of hydrogen-bond acceptors (Lipinski definition) is 3. The normalized spacial score (nSPS) is 16.8. The van der Waals surface area contributed by atoms with Gasteiger partial charge in [-0.3, -0.25) is 0 Å². The minimum atomic E-state index is -3.96. The zero-order valence-corrected chi connectivity index (χ0v) is 13.2. The highest BCUT2D eigenvalue weighted by Gasteiger charge is 2.19. The second-order valence-corrected chi connectivity index (χ2v) is 7.19. The molecule has 2 rings (SSSR count). The lowest BCUT2D eigenvalue weighted by Gasteiger charge is -2.21. The lowest BCUT2D eigenvalue weighted by atomic mass is 9.98. The van der Waals surface area contributed by atoms with E-state index in [1.165, 1.54) is 19.3 Å². The van der Waals surface area contributed by atoms with Gasteiger partial charge in [-0.1, -0.05) is 19.3 Å². The summed E-state index contributed by atoms with van der Waals surface area (Å²) in [5.41, 5.74) is 0. The number of sulfonamides is 1. The Labute approximate surface area is 129 Å². The number of benzene rings is 1. The SMILES string of the molecule is O=S(=O)(NCCCOC1CCCCC1)c1ccc(F)cc1F. The lowest BCUT2D eigenvalue weighted by molar-refractivity contribution is 0.0278. The third-order valence-corrected chi connectivity index (χ3v) is 5.20. The van der Waals surface area contributed by atoms with Crippen molar-refractivity contribution in [3.63, 3.8) is 0 Å². The summed E-state index contributed by atoms with van der Waals surface area (Å²) in [5, 5.41) is 0. The van der Waals surface area contributed by atoms with Crippen molar-refractivity contribution >= 4 is 10.0 Å². The van der Waals surface area contributed by atoms with Crippen molar-refractivity contribution in [1.82, 2.24) is 4.72 Å². The summed E-state index contributed by atoms with van der Waals surface area (Å²) in [6.07, 6.45) is 6.53. The molecule has 1 fully saturated rings. The lowest BCUT2D eigenvalue weighted by Crippen LogP contribution is -2.27. The fourth-order valence-electron chi connectivity index (χ4n) is 2.53. The topological polar surface area (TPSA) is 55.4 Å². The van der Waals surface area contributed by atoms with E-state index in [1.807, 2.05) is 0 Å². The molecule has 0 amide bonds. The molecular weight excluding hydrogens is 312 g/mol. The minimum Gasteiger partial charge on any atom is -0.378 e. The van der Waals surface area contributed by atoms with Gasteiger partial charge in [0, 0.05) is 19.2 Å². The second-order valence-electron chi connectivity index (χ2n) is 5.46. The van der Waals surface area contributed by atoms with E-state index >= 15 is 0 Å². The average Bonchev–Trinajstić information content (AvgIpc) is 2.47. The van der Waals surface area contributed by atoms with E-state index in [0.717, 1.165) is 25.0 Å². The van der Waals surface area contributed by atoms with Crippen LogP contribution in [-0.4, -0.2) is 27.7 Å². The van der Waals surface area contributed by atoms with E-state index < -0.39 is 26.6 Å². The van der Waals surface area contributed by atoms with Gasteiger partial charge in [-0.2, -0.15) is 0 Å². The molecule has 1 aliphatic carbocycles. The van der Waals surface area contributed by atoms with Crippen molar-refractivity contribution in [2.45, 2.75) is 49.5 Å². The molecule has 0 aromatic heterocycles. The molecule has 0 spiro atoms. The van der Waals surface area contributed by atoms with Crippen LogP contribution >= 0.6 is 0 Å². The second kappa shape index (κ2) is 7.99. The van der Waals surface area contributed by atoms with Crippen LogP contribution in [-0.2, 0) is 14.8 Å². The first-order valence-electron chi connectivity index (χ1n) is 7.55. The fourth-order valence-corrected chi connectivity index (χ4v) is 3.66. The summed E-state index contributed by atoms with van der Waals surface area (Å²) in [6.45, 7) is 0.630. The molecule has 4 nitrogen and oxygen atoms in total. The molecule has 0 heterocycles. The van der Waals surface area contributed by atoms with Crippen molar-refractivity contribution in [2.75, 3.05) is 13.2 Å². The molecule has 0 aliphatic heterocycles. The Bertz CT molecular complexity index is 586. The van der Waals surface area contributed by atoms with Crippen molar-refractivity contribution in [3.05, 3.63) is 29.8 Å². The van der Waals surface area contributed by atoms with Gasteiger partial charge in [-0.25, -0.2) is 21.9 Å². The number of halogens is 2. The van der Waals surface area contributed by atoms with E-state index in [9.17, 15) is 17.2 Å². The van der Waals surface area contributed by atoms with Crippen LogP contribution in [0.2, 0.25) is 0 Å². The van der Waals surface area contributed by atoms with E-state index in [0.29, 0.717) is 19.1 Å². The molecule has 0 unspecified atom stereocenters. The number of hydrogen-bond donors (Lipinski definition) is 1. The Morgan fingerprint density at radius 1 is 1.18 bits per heavy atom. The predicted molar refractivity (Wildman–Crippen MR) is 79.0 cm³/mol. The molecule has 0 saturated heterocycles. The number of nitrogens with one attached hydrogen (secondary N) is 1. The molecule has 1 N–H and O–H groups in total. The summed E-state index contributed by atoms with van der Waals surface area (Å²) < 4.78 is 58.1. The molecule has 1 saturated carbocycles. The Morgan fingerprint density at radius 2 is 1.91 bits per heavy atom. The van der Waals surface area contributed by atoms with Crippen molar-refractivity contribution in [1.29, 1.82) is 0 Å². The van der Waals surface area contributed by atoms with Gasteiger partial charge < -0.3 is 4.74 Å². The maximum atomic E-state index is 13.5. The zero-order chi connectivity index (χ0) is 16.0. The molecule has 1 aromatic rings. The third-order valence-electron chi connectivity index (χ3n) is 3.70. The smallest absolute Gasteiger partial charge is 0.243 e. The van der Waals surface area contributed by atoms with Crippen LogP contribution in [0.5, 0.6) is 0 Å². The highest BCUT2D eigenvalue weighted by Crippen LogP contribution is 2.20. The monoisotopic (exact) mass is 333 g/mol. The first-order valence-corrected chi connectivity index (χ1v) is 9.04. The standard InChI is InChI=1S/C15H21F2NO3S/c16-12-7-8-15(14(17)11-12)22(19,20)18-9-4-10-21-13-5-2-1-3-6-13/h7-8,11,13,18H,1-6,9-10H2. The first kappa shape index (κ1) is 17.3. The van der Waals surface area contributed by atoms with Gasteiger partial charge in [0.15, 0.2) is 0 Å². The summed E-state index contributed by atoms with van der Waals surface area (Å²) >= 11 is 0. The van der Waals surface area contributed by atoms with Crippen LogP contribution in [0.4, 0.5) is 8.78 Å². The largest absolute Gasteiger partial charge is 0.378 e. The quantitative estimate of drug-likeness (QED) is 0.781. The van der Waals surface area contributed by atoms with Gasteiger partial charge >= 0.3 is 0 Å². The minimum absolute atomic E-state index is 0.159.